The summed E-state index contributed by atoms with van der Waals surface area (Å²) in [7, 11) is 0. The van der Waals surface area contributed by atoms with Gasteiger partial charge in [0.15, 0.2) is 11.1 Å². The largest absolute Gasteiger partial charge is 0.370 e. The average molecular weight is 435 g/mol. The van der Waals surface area contributed by atoms with Crippen molar-refractivity contribution in [1.82, 2.24) is 9.88 Å². The Morgan fingerprint density at radius 1 is 1.29 bits per heavy atom. The monoisotopic (exact) mass is 435 g/mol. The number of anilines is 1. The van der Waals surface area contributed by atoms with E-state index in [-0.39, 0.29) is 24.0 Å². The average Bonchev–Trinajstić information content (AvgIpc) is 3.18. The summed E-state index contributed by atoms with van der Waals surface area (Å²) in [5.74, 6) is 0.648. The van der Waals surface area contributed by atoms with Gasteiger partial charge in [-0.3, -0.25) is 0 Å². The Morgan fingerprint density at radius 3 is 2.71 bits per heavy atom. The third-order valence-corrected chi connectivity index (χ3v) is 4.86. The van der Waals surface area contributed by atoms with Crippen molar-refractivity contribution in [3.05, 3.63) is 34.0 Å². The molecule has 0 saturated carbocycles. The van der Waals surface area contributed by atoms with Crippen LogP contribution >= 0.6 is 46.7 Å². The van der Waals surface area contributed by atoms with E-state index in [0.717, 1.165) is 31.3 Å². The third kappa shape index (κ3) is 4.30. The molecular weight excluding hydrogens is 417 g/mol. The van der Waals surface area contributed by atoms with Gasteiger partial charge in [-0.2, -0.15) is 11.3 Å². The molecule has 114 valence electrons. The van der Waals surface area contributed by atoms with Crippen LogP contribution < -0.4 is 10.6 Å². The normalized spacial score (nSPS) is 15.9. The molecule has 0 aliphatic carbocycles. The number of guanidine groups is 1. The smallest absolute Gasteiger partial charge is 0.191 e. The van der Waals surface area contributed by atoms with Gasteiger partial charge in [-0.25, -0.2) is 9.98 Å². The van der Waals surface area contributed by atoms with Crippen molar-refractivity contribution >= 4 is 57.7 Å². The summed E-state index contributed by atoms with van der Waals surface area (Å²) < 4.78 is 0. The molecule has 3 rings (SSSR count). The van der Waals surface area contributed by atoms with E-state index in [0.29, 0.717) is 12.5 Å². The zero-order valence-corrected chi connectivity index (χ0v) is 15.5. The lowest BCUT2D eigenvalue weighted by molar-refractivity contribution is 0.380. The Labute approximate surface area is 149 Å². The SMILES string of the molecule is I.NC(=NCc1ccsc1)N1CCN(c2nccs2)CC1. The molecule has 1 aliphatic heterocycles. The second-order valence-electron chi connectivity index (χ2n) is 4.59. The van der Waals surface area contributed by atoms with Crippen LogP contribution in [-0.4, -0.2) is 42.0 Å². The van der Waals surface area contributed by atoms with E-state index < -0.39 is 0 Å². The first-order valence-electron chi connectivity index (χ1n) is 6.53. The number of piperazine rings is 1. The number of aromatic nitrogens is 1. The van der Waals surface area contributed by atoms with Gasteiger partial charge in [-0.15, -0.1) is 35.3 Å². The van der Waals surface area contributed by atoms with E-state index >= 15 is 0 Å². The van der Waals surface area contributed by atoms with Gasteiger partial charge in [0.25, 0.3) is 0 Å². The zero-order chi connectivity index (χ0) is 13.8. The van der Waals surface area contributed by atoms with Gasteiger partial charge in [0.2, 0.25) is 0 Å². The molecule has 0 bridgehead atoms. The molecule has 5 nitrogen and oxygen atoms in total. The molecule has 2 N–H and O–H groups in total. The fraction of sp³-hybridized carbons (Fsp3) is 0.385. The summed E-state index contributed by atoms with van der Waals surface area (Å²) >= 11 is 3.37. The number of halogens is 1. The van der Waals surface area contributed by atoms with E-state index in [4.69, 9.17) is 5.73 Å². The lowest BCUT2D eigenvalue weighted by Crippen LogP contribution is -2.51. The van der Waals surface area contributed by atoms with Crippen molar-refractivity contribution in [3.63, 3.8) is 0 Å². The Kier molecular flexibility index (Phi) is 6.24. The molecule has 1 fully saturated rings. The van der Waals surface area contributed by atoms with Gasteiger partial charge in [-0.1, -0.05) is 0 Å². The molecule has 0 amide bonds. The van der Waals surface area contributed by atoms with Gasteiger partial charge in [0.05, 0.1) is 6.54 Å². The maximum atomic E-state index is 6.08. The molecule has 0 aromatic carbocycles. The number of rotatable bonds is 3. The molecule has 0 radical (unpaired) electrons. The summed E-state index contributed by atoms with van der Waals surface area (Å²) in [4.78, 5) is 13.3. The van der Waals surface area contributed by atoms with Crippen molar-refractivity contribution < 1.29 is 0 Å². The molecule has 21 heavy (non-hydrogen) atoms. The molecule has 0 atom stereocenters. The van der Waals surface area contributed by atoms with Gasteiger partial charge >= 0.3 is 0 Å². The van der Waals surface area contributed by atoms with E-state index in [2.05, 4.69) is 36.6 Å². The lowest BCUT2D eigenvalue weighted by atomic mass is 10.3. The predicted molar refractivity (Wildman–Crippen MR) is 101 cm³/mol. The fourth-order valence-electron chi connectivity index (χ4n) is 2.15. The van der Waals surface area contributed by atoms with Crippen LogP contribution in [0.15, 0.2) is 33.4 Å². The first kappa shape index (κ1) is 16.5. The highest BCUT2D eigenvalue weighted by Crippen LogP contribution is 2.18. The molecule has 2 aromatic rings. The summed E-state index contributed by atoms with van der Waals surface area (Å²) in [6.07, 6.45) is 1.85. The highest BCUT2D eigenvalue weighted by Gasteiger charge is 2.19. The van der Waals surface area contributed by atoms with Crippen LogP contribution in [0.3, 0.4) is 0 Å². The van der Waals surface area contributed by atoms with Crippen LogP contribution in [0.2, 0.25) is 0 Å². The highest BCUT2D eigenvalue weighted by molar-refractivity contribution is 14.0. The lowest BCUT2D eigenvalue weighted by Gasteiger charge is -2.35. The number of hydrogen-bond donors (Lipinski definition) is 1. The summed E-state index contributed by atoms with van der Waals surface area (Å²) in [6.45, 7) is 4.36. The number of nitrogens with two attached hydrogens (primary N) is 1. The van der Waals surface area contributed by atoms with Crippen molar-refractivity contribution in [2.45, 2.75) is 6.54 Å². The number of thiazole rings is 1. The van der Waals surface area contributed by atoms with E-state index in [9.17, 15) is 0 Å². The van der Waals surface area contributed by atoms with Gasteiger partial charge in [0, 0.05) is 37.8 Å². The van der Waals surface area contributed by atoms with E-state index in [1.165, 1.54) is 5.56 Å². The minimum absolute atomic E-state index is 0. The molecule has 8 heteroatoms. The van der Waals surface area contributed by atoms with Gasteiger partial charge in [0.1, 0.15) is 0 Å². The number of hydrogen-bond acceptors (Lipinski definition) is 5. The predicted octanol–water partition coefficient (Wildman–Crippen LogP) is 2.46. The second kappa shape index (κ2) is 7.95. The molecule has 1 saturated heterocycles. The minimum Gasteiger partial charge on any atom is -0.370 e. The summed E-state index contributed by atoms with van der Waals surface area (Å²) in [6, 6.07) is 2.09. The highest BCUT2D eigenvalue weighted by atomic mass is 127. The first-order chi connectivity index (χ1) is 9.83. The van der Waals surface area contributed by atoms with Crippen molar-refractivity contribution in [3.8, 4) is 0 Å². The van der Waals surface area contributed by atoms with Crippen LogP contribution in [0.1, 0.15) is 5.56 Å². The molecule has 2 aromatic heterocycles. The summed E-state index contributed by atoms with van der Waals surface area (Å²) in [5, 5.41) is 7.28. The Balaban J connectivity index is 0.00000161. The number of thiophene rings is 1. The maximum Gasteiger partial charge on any atom is 0.191 e. The van der Waals surface area contributed by atoms with Crippen LogP contribution in [0, 0.1) is 0 Å². The fourth-order valence-corrected chi connectivity index (χ4v) is 3.51. The minimum atomic E-state index is 0. The Hall–Kier alpha value is -0.870. The van der Waals surface area contributed by atoms with Crippen LogP contribution in [0.4, 0.5) is 5.13 Å². The van der Waals surface area contributed by atoms with Crippen molar-refractivity contribution in [2.75, 3.05) is 31.1 Å². The van der Waals surface area contributed by atoms with Gasteiger partial charge in [-0.05, 0) is 22.4 Å². The maximum absolute atomic E-state index is 6.08. The molecular formula is C13H18IN5S2. The molecule has 0 spiro atoms. The second-order valence-corrected chi connectivity index (χ2v) is 6.25. The zero-order valence-electron chi connectivity index (χ0n) is 11.5. The van der Waals surface area contributed by atoms with Crippen molar-refractivity contribution in [1.29, 1.82) is 0 Å². The molecule has 0 unspecified atom stereocenters. The topological polar surface area (TPSA) is 57.8 Å². The van der Waals surface area contributed by atoms with Crippen LogP contribution in [-0.2, 0) is 6.54 Å². The van der Waals surface area contributed by atoms with Crippen molar-refractivity contribution in [2.24, 2.45) is 10.7 Å². The van der Waals surface area contributed by atoms with E-state index in [1.54, 1.807) is 22.7 Å². The van der Waals surface area contributed by atoms with Crippen LogP contribution in [0.25, 0.3) is 0 Å². The van der Waals surface area contributed by atoms with Gasteiger partial charge < -0.3 is 15.5 Å². The van der Waals surface area contributed by atoms with Crippen LogP contribution in [0.5, 0.6) is 0 Å². The Morgan fingerprint density at radius 2 is 2.10 bits per heavy atom. The third-order valence-electron chi connectivity index (χ3n) is 3.30. The van der Waals surface area contributed by atoms with E-state index in [1.807, 2.05) is 11.6 Å². The molecule has 3 heterocycles. The number of nitrogens with zero attached hydrogens (tertiary/aromatic N) is 4. The quantitative estimate of drug-likeness (QED) is 0.457. The summed E-state index contributed by atoms with van der Waals surface area (Å²) in [5.41, 5.74) is 7.30. The Bertz CT molecular complexity index is 547. The number of aliphatic imine (C=N–C) groups is 1. The standard InChI is InChI=1S/C13H17N5S2.HI/c14-12(16-9-11-1-7-19-10-11)17-3-5-18(6-4-17)13-15-2-8-20-13;/h1-2,7-8,10H,3-6,9H2,(H2,14,16);1H. The molecule has 1 aliphatic rings. The first-order valence-corrected chi connectivity index (χ1v) is 8.35.